The zero-order chi connectivity index (χ0) is 14.3. The maximum absolute atomic E-state index is 11.9. The van der Waals surface area contributed by atoms with Crippen molar-refractivity contribution in [2.45, 2.75) is 50.4 Å². The molecule has 19 heavy (non-hydrogen) atoms. The predicted octanol–water partition coefficient (Wildman–Crippen LogP) is 1.61. The Labute approximate surface area is 118 Å². The van der Waals surface area contributed by atoms with Crippen LogP contribution in [0.25, 0.3) is 0 Å². The molecular weight excluding hydrogens is 264 g/mol. The number of H-pyrrole nitrogens is 1. The topological polar surface area (TPSA) is 79.9 Å². The molecule has 0 fully saturated rings. The van der Waals surface area contributed by atoms with Gasteiger partial charge in [0.1, 0.15) is 11.9 Å². The number of ether oxygens (including phenoxy) is 1. The molecule has 0 aliphatic heterocycles. The Morgan fingerprint density at radius 3 is 2.89 bits per heavy atom. The van der Waals surface area contributed by atoms with Gasteiger partial charge in [0.25, 0.3) is 0 Å². The highest BCUT2D eigenvalue weighted by Gasteiger charge is 2.34. The molecule has 6 nitrogen and oxygen atoms in total. The van der Waals surface area contributed by atoms with Crippen molar-refractivity contribution in [3.63, 3.8) is 0 Å². The summed E-state index contributed by atoms with van der Waals surface area (Å²) < 4.78 is 4.88. The van der Waals surface area contributed by atoms with E-state index in [0.29, 0.717) is 0 Å². The largest absolute Gasteiger partial charge is 0.468 e. The number of hydrogen-bond donors (Lipinski definition) is 2. The Bertz CT molecular complexity index is 383. The number of esters is 1. The van der Waals surface area contributed by atoms with Gasteiger partial charge >= 0.3 is 5.97 Å². The number of nitrogens with one attached hydrogen (secondary N) is 2. The van der Waals surface area contributed by atoms with Gasteiger partial charge in [-0.1, -0.05) is 11.8 Å². The smallest absolute Gasteiger partial charge is 0.325 e. The molecule has 0 saturated heterocycles. The standard InChI is InChI=1S/C12H22N4O2S/c1-9(2)15-12(3,10(17)18-4)6-5-7-19-11-13-8-14-16-11/h8-9,15H,5-7H2,1-4H3,(H,13,14,16). The first kappa shape index (κ1) is 16.0. The van der Waals surface area contributed by atoms with E-state index < -0.39 is 5.54 Å². The van der Waals surface area contributed by atoms with Gasteiger partial charge in [0, 0.05) is 11.8 Å². The molecule has 7 heteroatoms. The predicted molar refractivity (Wildman–Crippen MR) is 75.0 cm³/mol. The van der Waals surface area contributed by atoms with E-state index in [1.54, 1.807) is 11.8 Å². The molecule has 0 bridgehead atoms. The zero-order valence-electron chi connectivity index (χ0n) is 11.9. The van der Waals surface area contributed by atoms with E-state index in [2.05, 4.69) is 20.5 Å². The van der Waals surface area contributed by atoms with E-state index in [9.17, 15) is 4.79 Å². The van der Waals surface area contributed by atoms with Crippen molar-refractivity contribution >= 4 is 17.7 Å². The summed E-state index contributed by atoms with van der Waals surface area (Å²) in [6, 6.07) is 0.228. The third-order valence-corrected chi connectivity index (χ3v) is 3.66. The first-order chi connectivity index (χ1) is 8.98. The molecule has 0 aromatic carbocycles. The highest BCUT2D eigenvalue weighted by atomic mass is 32.2. The van der Waals surface area contributed by atoms with E-state index in [-0.39, 0.29) is 12.0 Å². The molecule has 1 rings (SSSR count). The summed E-state index contributed by atoms with van der Waals surface area (Å²) in [6.07, 6.45) is 3.09. The Morgan fingerprint density at radius 2 is 2.37 bits per heavy atom. The van der Waals surface area contributed by atoms with Crippen LogP contribution in [0.3, 0.4) is 0 Å². The highest BCUT2D eigenvalue weighted by molar-refractivity contribution is 7.99. The normalized spacial score (nSPS) is 14.4. The summed E-state index contributed by atoms with van der Waals surface area (Å²) in [5.74, 6) is 0.660. The van der Waals surface area contributed by atoms with Gasteiger partial charge < -0.3 is 4.74 Å². The summed E-state index contributed by atoms with van der Waals surface area (Å²) in [5, 5.41) is 10.7. The molecule has 0 aliphatic rings. The van der Waals surface area contributed by atoms with Crippen molar-refractivity contribution in [3.05, 3.63) is 6.33 Å². The fourth-order valence-electron chi connectivity index (χ4n) is 1.95. The minimum absolute atomic E-state index is 0.217. The molecule has 1 heterocycles. The third kappa shape index (κ3) is 5.20. The summed E-state index contributed by atoms with van der Waals surface area (Å²) in [6.45, 7) is 5.92. The van der Waals surface area contributed by atoms with Crippen LogP contribution in [0.1, 0.15) is 33.6 Å². The molecule has 1 unspecified atom stereocenters. The van der Waals surface area contributed by atoms with Crippen LogP contribution >= 0.6 is 11.8 Å². The second-order valence-corrected chi connectivity index (χ2v) is 5.95. The van der Waals surface area contributed by atoms with Crippen LogP contribution < -0.4 is 5.32 Å². The quantitative estimate of drug-likeness (QED) is 0.429. The van der Waals surface area contributed by atoms with E-state index in [1.807, 2.05) is 20.8 Å². The Balaban J connectivity index is 2.42. The lowest BCUT2D eigenvalue weighted by Crippen LogP contribution is -2.53. The van der Waals surface area contributed by atoms with Gasteiger partial charge in [-0.15, -0.1) is 0 Å². The average Bonchev–Trinajstić information content (AvgIpc) is 2.85. The number of aromatic nitrogens is 3. The van der Waals surface area contributed by atoms with E-state index in [0.717, 1.165) is 23.8 Å². The van der Waals surface area contributed by atoms with Crippen molar-refractivity contribution < 1.29 is 9.53 Å². The van der Waals surface area contributed by atoms with Gasteiger partial charge in [-0.3, -0.25) is 15.2 Å². The van der Waals surface area contributed by atoms with Crippen LogP contribution in [0, 0.1) is 0 Å². The van der Waals surface area contributed by atoms with Crippen molar-refractivity contribution in [2.75, 3.05) is 12.9 Å². The first-order valence-electron chi connectivity index (χ1n) is 6.32. The SMILES string of the molecule is COC(=O)C(C)(CCCSc1ncn[nH]1)NC(C)C. The monoisotopic (exact) mass is 286 g/mol. The number of thioether (sulfide) groups is 1. The lowest BCUT2D eigenvalue weighted by molar-refractivity contribution is -0.148. The van der Waals surface area contributed by atoms with Gasteiger partial charge in [0.15, 0.2) is 5.16 Å². The Hall–Kier alpha value is -1.08. The fraction of sp³-hybridized carbons (Fsp3) is 0.750. The second kappa shape index (κ2) is 7.49. The minimum Gasteiger partial charge on any atom is -0.468 e. The van der Waals surface area contributed by atoms with Gasteiger partial charge in [-0.2, -0.15) is 5.10 Å². The van der Waals surface area contributed by atoms with Gasteiger partial charge in [-0.05, 0) is 33.6 Å². The molecule has 0 aliphatic carbocycles. The van der Waals surface area contributed by atoms with Gasteiger partial charge in [-0.25, -0.2) is 4.98 Å². The third-order valence-electron chi connectivity index (χ3n) is 2.70. The summed E-state index contributed by atoms with van der Waals surface area (Å²) in [5.41, 5.74) is -0.634. The molecular formula is C12H22N4O2S. The maximum atomic E-state index is 11.9. The van der Waals surface area contributed by atoms with Crippen LogP contribution in [0.15, 0.2) is 11.5 Å². The molecule has 2 N–H and O–H groups in total. The first-order valence-corrected chi connectivity index (χ1v) is 7.31. The summed E-state index contributed by atoms with van der Waals surface area (Å²) in [4.78, 5) is 15.9. The molecule has 0 saturated carbocycles. The summed E-state index contributed by atoms with van der Waals surface area (Å²) in [7, 11) is 1.42. The molecule has 1 aromatic heterocycles. The van der Waals surface area contributed by atoms with Gasteiger partial charge in [0.2, 0.25) is 0 Å². The van der Waals surface area contributed by atoms with Crippen molar-refractivity contribution in [1.29, 1.82) is 0 Å². The fourth-order valence-corrected chi connectivity index (χ4v) is 2.67. The van der Waals surface area contributed by atoms with Crippen molar-refractivity contribution in [2.24, 2.45) is 0 Å². The van der Waals surface area contributed by atoms with E-state index in [4.69, 9.17) is 4.74 Å². The molecule has 1 atom stereocenters. The van der Waals surface area contributed by atoms with Crippen LogP contribution in [-0.4, -0.2) is 45.6 Å². The lowest BCUT2D eigenvalue weighted by Gasteiger charge is -2.30. The van der Waals surface area contributed by atoms with Crippen LogP contribution in [0.5, 0.6) is 0 Å². The Morgan fingerprint density at radius 1 is 1.63 bits per heavy atom. The van der Waals surface area contributed by atoms with Crippen molar-refractivity contribution in [1.82, 2.24) is 20.5 Å². The lowest BCUT2D eigenvalue weighted by atomic mass is 9.95. The number of methoxy groups -OCH3 is 1. The summed E-state index contributed by atoms with van der Waals surface area (Å²) >= 11 is 1.60. The number of hydrogen-bond acceptors (Lipinski definition) is 6. The maximum Gasteiger partial charge on any atom is 0.325 e. The van der Waals surface area contributed by atoms with Crippen LogP contribution in [-0.2, 0) is 9.53 Å². The molecule has 0 radical (unpaired) electrons. The minimum atomic E-state index is -0.634. The van der Waals surface area contributed by atoms with E-state index in [1.165, 1.54) is 13.4 Å². The number of nitrogens with zero attached hydrogens (tertiary/aromatic N) is 2. The van der Waals surface area contributed by atoms with Crippen LogP contribution in [0.2, 0.25) is 0 Å². The Kier molecular flexibility index (Phi) is 6.30. The second-order valence-electron chi connectivity index (χ2n) is 4.87. The number of aromatic amines is 1. The average molecular weight is 286 g/mol. The highest BCUT2D eigenvalue weighted by Crippen LogP contribution is 2.19. The molecule has 0 amide bonds. The van der Waals surface area contributed by atoms with E-state index >= 15 is 0 Å². The number of carbonyl (C=O) groups excluding carboxylic acids is 1. The van der Waals surface area contributed by atoms with Crippen LogP contribution in [0.4, 0.5) is 0 Å². The molecule has 0 spiro atoms. The number of carbonyl (C=O) groups is 1. The van der Waals surface area contributed by atoms with Gasteiger partial charge in [0.05, 0.1) is 7.11 Å². The molecule has 1 aromatic rings. The molecule has 108 valence electrons. The van der Waals surface area contributed by atoms with Crippen molar-refractivity contribution in [3.8, 4) is 0 Å². The zero-order valence-corrected chi connectivity index (χ0v) is 12.7. The number of rotatable bonds is 8.